The zero-order valence-electron chi connectivity index (χ0n) is 16.6. The van der Waals surface area contributed by atoms with Gasteiger partial charge in [0.05, 0.1) is 23.7 Å². The van der Waals surface area contributed by atoms with Crippen LogP contribution in [-0.2, 0) is 0 Å². The van der Waals surface area contributed by atoms with Gasteiger partial charge in [-0.25, -0.2) is 9.37 Å². The molecule has 1 unspecified atom stereocenters. The fraction of sp³-hybridized carbons (Fsp3) is 0.238. The lowest BCUT2D eigenvalue weighted by Crippen LogP contribution is -2.45. The largest absolute Gasteiger partial charge is 0.374 e. The molecule has 1 saturated heterocycles. The average molecular weight is 423 g/mol. The summed E-state index contributed by atoms with van der Waals surface area (Å²) in [6.07, 6.45) is 1.72. The maximum atomic E-state index is 13.5. The maximum Gasteiger partial charge on any atom is 0.259 e. The summed E-state index contributed by atoms with van der Waals surface area (Å²) in [7, 11) is 0. The quantitative estimate of drug-likeness (QED) is 0.275. The van der Waals surface area contributed by atoms with Crippen molar-refractivity contribution >= 4 is 28.6 Å². The Hall–Kier alpha value is -3.47. The van der Waals surface area contributed by atoms with Gasteiger partial charge in [-0.05, 0) is 29.8 Å². The third-order valence-electron chi connectivity index (χ3n) is 5.10. The molecule has 3 aromatic rings. The Morgan fingerprint density at radius 2 is 2.00 bits per heavy atom. The van der Waals surface area contributed by atoms with Gasteiger partial charge in [-0.1, -0.05) is 12.1 Å². The molecular formula is C21H22FN7O2. The number of halogens is 1. The third-order valence-corrected chi connectivity index (χ3v) is 5.10. The Morgan fingerprint density at radius 3 is 2.71 bits per heavy atom. The van der Waals surface area contributed by atoms with Crippen LogP contribution in [0.1, 0.15) is 17.4 Å². The van der Waals surface area contributed by atoms with Gasteiger partial charge >= 0.3 is 0 Å². The van der Waals surface area contributed by atoms with E-state index in [0.29, 0.717) is 11.1 Å². The SMILES string of the molecule is NN=C(C=Nc1ccc(C(O)N2CCNCC2)cc1)c1cc2cc(F)cnc2[nH]c1=O. The summed E-state index contributed by atoms with van der Waals surface area (Å²) in [4.78, 5) is 25.1. The summed E-state index contributed by atoms with van der Waals surface area (Å²) in [6.45, 7) is 3.24. The molecule has 1 fully saturated rings. The van der Waals surface area contributed by atoms with Crippen molar-refractivity contribution in [3.8, 4) is 0 Å². The van der Waals surface area contributed by atoms with Gasteiger partial charge in [0.15, 0.2) is 0 Å². The number of hydrazone groups is 1. The molecule has 160 valence electrons. The predicted molar refractivity (Wildman–Crippen MR) is 117 cm³/mol. The molecule has 10 heteroatoms. The van der Waals surface area contributed by atoms with E-state index in [9.17, 15) is 14.3 Å². The monoisotopic (exact) mass is 423 g/mol. The molecule has 1 aromatic carbocycles. The second-order valence-electron chi connectivity index (χ2n) is 7.13. The number of aliphatic hydroxyl groups excluding tert-OH is 1. The van der Waals surface area contributed by atoms with Gasteiger partial charge in [-0.15, -0.1) is 0 Å². The lowest BCUT2D eigenvalue weighted by atomic mass is 10.1. The predicted octanol–water partition coefficient (Wildman–Crippen LogP) is 1.02. The van der Waals surface area contributed by atoms with Gasteiger partial charge in [-0.2, -0.15) is 5.10 Å². The summed E-state index contributed by atoms with van der Waals surface area (Å²) < 4.78 is 13.5. The second kappa shape index (κ2) is 9.13. The number of aliphatic imine (C=N–C) groups is 1. The number of pyridine rings is 2. The highest BCUT2D eigenvalue weighted by Crippen LogP contribution is 2.21. The number of hydrogen-bond donors (Lipinski definition) is 4. The maximum absolute atomic E-state index is 13.5. The summed E-state index contributed by atoms with van der Waals surface area (Å²) in [6, 6.07) is 9.85. The lowest BCUT2D eigenvalue weighted by Gasteiger charge is -2.31. The van der Waals surface area contributed by atoms with E-state index in [2.05, 4.69) is 25.4 Å². The molecule has 9 nitrogen and oxygen atoms in total. The van der Waals surface area contributed by atoms with Crippen molar-refractivity contribution in [1.29, 1.82) is 0 Å². The fourth-order valence-corrected chi connectivity index (χ4v) is 3.43. The van der Waals surface area contributed by atoms with Crippen LogP contribution in [-0.4, -0.2) is 58.1 Å². The molecule has 0 radical (unpaired) electrons. The van der Waals surface area contributed by atoms with Crippen molar-refractivity contribution in [2.24, 2.45) is 15.9 Å². The molecular weight excluding hydrogens is 401 g/mol. The smallest absolute Gasteiger partial charge is 0.259 e. The number of aliphatic hydroxyl groups is 1. The van der Waals surface area contributed by atoms with Crippen molar-refractivity contribution in [1.82, 2.24) is 20.2 Å². The van der Waals surface area contributed by atoms with E-state index < -0.39 is 17.6 Å². The highest BCUT2D eigenvalue weighted by Gasteiger charge is 2.19. The molecule has 0 aliphatic carbocycles. The van der Waals surface area contributed by atoms with E-state index in [1.807, 2.05) is 4.90 Å². The normalized spacial score (nSPS) is 16.8. The van der Waals surface area contributed by atoms with Gasteiger partial charge in [-0.3, -0.25) is 14.7 Å². The number of fused-ring (bicyclic) bond motifs is 1. The molecule has 31 heavy (non-hydrogen) atoms. The fourth-order valence-electron chi connectivity index (χ4n) is 3.43. The van der Waals surface area contributed by atoms with Gasteiger partial charge in [0.25, 0.3) is 5.56 Å². The molecule has 0 bridgehead atoms. The van der Waals surface area contributed by atoms with Crippen LogP contribution in [0.3, 0.4) is 0 Å². The van der Waals surface area contributed by atoms with Gasteiger partial charge < -0.3 is 21.2 Å². The number of benzene rings is 1. The highest BCUT2D eigenvalue weighted by atomic mass is 19.1. The standard InChI is InChI=1S/C21H22FN7O2/c22-15-9-14-10-17(20(30)27-19(14)26-11-15)18(28-23)12-25-16-3-1-13(2-4-16)21(31)29-7-5-24-6-8-29/h1-4,9-12,21,24,31H,5-8,23H2,(H,26,27,30). The van der Waals surface area contributed by atoms with E-state index in [0.717, 1.165) is 37.9 Å². The van der Waals surface area contributed by atoms with Crippen LogP contribution < -0.4 is 16.7 Å². The van der Waals surface area contributed by atoms with E-state index in [1.165, 1.54) is 18.3 Å². The summed E-state index contributed by atoms with van der Waals surface area (Å²) in [5.41, 5.74) is 1.46. The van der Waals surface area contributed by atoms with E-state index in [-0.39, 0.29) is 16.9 Å². The molecule has 0 spiro atoms. The molecule has 4 rings (SSSR count). The van der Waals surface area contributed by atoms with Gasteiger partial charge in [0.1, 0.15) is 23.4 Å². The second-order valence-corrected chi connectivity index (χ2v) is 7.13. The number of aromatic nitrogens is 2. The van der Waals surface area contributed by atoms with Crippen molar-refractivity contribution in [2.45, 2.75) is 6.23 Å². The first-order valence-corrected chi connectivity index (χ1v) is 9.79. The van der Waals surface area contributed by atoms with Crippen molar-refractivity contribution < 1.29 is 9.50 Å². The molecule has 5 N–H and O–H groups in total. The molecule has 1 aliphatic heterocycles. The van der Waals surface area contributed by atoms with Gasteiger partial charge in [0.2, 0.25) is 0 Å². The minimum absolute atomic E-state index is 0.136. The Bertz CT molecular complexity index is 1180. The minimum Gasteiger partial charge on any atom is -0.374 e. The number of nitrogens with one attached hydrogen (secondary N) is 2. The van der Waals surface area contributed by atoms with Crippen molar-refractivity contribution in [2.75, 3.05) is 26.2 Å². The number of hydrogen-bond acceptors (Lipinski definition) is 8. The number of nitrogens with two attached hydrogens (primary N) is 1. The Balaban J connectivity index is 1.54. The first kappa shape index (κ1) is 20.8. The van der Waals surface area contributed by atoms with E-state index in [4.69, 9.17) is 5.84 Å². The number of aromatic amines is 1. The van der Waals surface area contributed by atoms with E-state index in [1.54, 1.807) is 24.3 Å². The minimum atomic E-state index is -0.675. The number of nitrogens with zero attached hydrogens (tertiary/aromatic N) is 4. The first-order valence-electron chi connectivity index (χ1n) is 9.79. The molecule has 1 aliphatic rings. The first-order chi connectivity index (χ1) is 15.0. The zero-order chi connectivity index (χ0) is 21.8. The Labute approximate surface area is 177 Å². The van der Waals surface area contributed by atoms with Crippen LogP contribution in [0.15, 0.2) is 57.5 Å². The van der Waals surface area contributed by atoms with Gasteiger partial charge in [0, 0.05) is 31.6 Å². The van der Waals surface area contributed by atoms with Crippen LogP contribution in [0, 0.1) is 5.82 Å². The molecule has 2 aromatic heterocycles. The molecule has 0 saturated carbocycles. The highest BCUT2D eigenvalue weighted by molar-refractivity contribution is 6.38. The Morgan fingerprint density at radius 1 is 1.26 bits per heavy atom. The van der Waals surface area contributed by atoms with E-state index >= 15 is 0 Å². The Kier molecular flexibility index (Phi) is 6.12. The van der Waals surface area contributed by atoms with Crippen LogP contribution >= 0.6 is 0 Å². The summed E-state index contributed by atoms with van der Waals surface area (Å²) >= 11 is 0. The molecule has 3 heterocycles. The number of H-pyrrole nitrogens is 1. The van der Waals surface area contributed by atoms with Crippen molar-refractivity contribution in [3.63, 3.8) is 0 Å². The van der Waals surface area contributed by atoms with Crippen molar-refractivity contribution in [3.05, 3.63) is 69.9 Å². The summed E-state index contributed by atoms with van der Waals surface area (Å²) in [5.74, 6) is 4.95. The third kappa shape index (κ3) is 4.66. The topological polar surface area (TPSA) is 132 Å². The lowest BCUT2D eigenvalue weighted by molar-refractivity contribution is -0.00544. The molecule has 1 atom stereocenters. The van der Waals surface area contributed by atoms with Crippen LogP contribution in [0.2, 0.25) is 0 Å². The molecule has 0 amide bonds. The van der Waals surface area contributed by atoms with Crippen LogP contribution in [0.5, 0.6) is 0 Å². The number of rotatable bonds is 5. The number of piperazine rings is 1. The van der Waals surface area contributed by atoms with Crippen LogP contribution in [0.25, 0.3) is 11.0 Å². The zero-order valence-corrected chi connectivity index (χ0v) is 16.6. The average Bonchev–Trinajstić information content (AvgIpc) is 2.80. The van der Waals surface area contributed by atoms with Crippen LogP contribution in [0.4, 0.5) is 10.1 Å². The summed E-state index contributed by atoms with van der Waals surface area (Å²) in [5, 5.41) is 17.8.